The van der Waals surface area contributed by atoms with Gasteiger partial charge in [0.1, 0.15) is 10.1 Å². The average molecular weight is 488 g/mol. The molecule has 1 aromatic heterocycles. The van der Waals surface area contributed by atoms with E-state index in [1.54, 1.807) is 16.5 Å². The Morgan fingerprint density at radius 3 is 2.75 bits per heavy atom. The number of ether oxygens (including phenoxy) is 1. The van der Waals surface area contributed by atoms with Crippen LogP contribution in [0.25, 0.3) is 6.08 Å². The van der Waals surface area contributed by atoms with E-state index < -0.39 is 0 Å². The molecule has 6 nitrogen and oxygen atoms in total. The molecule has 0 atom stereocenters. The van der Waals surface area contributed by atoms with E-state index in [4.69, 9.17) is 17.0 Å². The second-order valence-corrected chi connectivity index (χ2v) is 10.3. The van der Waals surface area contributed by atoms with Crippen LogP contribution in [0.5, 0.6) is 5.75 Å². The number of carbonyl (C=O) groups excluding carboxylic acids is 2. The second kappa shape index (κ2) is 11.1. The summed E-state index contributed by atoms with van der Waals surface area (Å²) >= 11 is 8.07. The number of thioether (sulfide) groups is 1. The van der Waals surface area contributed by atoms with Crippen molar-refractivity contribution < 1.29 is 14.3 Å². The van der Waals surface area contributed by atoms with Crippen LogP contribution in [-0.4, -0.2) is 38.7 Å². The molecule has 2 heterocycles. The highest BCUT2D eigenvalue weighted by atomic mass is 32.2. The molecule has 9 heteroatoms. The molecule has 0 bridgehead atoms. The summed E-state index contributed by atoms with van der Waals surface area (Å²) in [6.45, 7) is 0.418. The molecule has 2 amide bonds. The van der Waals surface area contributed by atoms with Crippen LogP contribution in [0.15, 0.2) is 40.7 Å². The summed E-state index contributed by atoms with van der Waals surface area (Å²) in [7, 11) is 0. The van der Waals surface area contributed by atoms with Crippen LogP contribution in [0.1, 0.15) is 50.5 Å². The van der Waals surface area contributed by atoms with Crippen LogP contribution in [-0.2, 0) is 9.59 Å². The number of thiazole rings is 1. The predicted octanol–water partition coefficient (Wildman–Crippen LogP) is 5.47. The minimum Gasteiger partial charge on any atom is -0.490 e. The Labute approximate surface area is 201 Å². The number of thiocarbonyl (C=S) groups is 1. The lowest BCUT2D eigenvalue weighted by Crippen LogP contribution is -2.29. The first-order valence-corrected chi connectivity index (χ1v) is 12.9. The maximum absolute atomic E-state index is 12.8. The first kappa shape index (κ1) is 22.9. The van der Waals surface area contributed by atoms with Crippen molar-refractivity contribution in [3.05, 3.63) is 46.3 Å². The molecule has 2 aromatic rings. The van der Waals surface area contributed by atoms with E-state index in [1.807, 2.05) is 30.3 Å². The van der Waals surface area contributed by atoms with Gasteiger partial charge in [0.05, 0.1) is 11.0 Å². The van der Waals surface area contributed by atoms with Gasteiger partial charge in [-0.15, -0.1) is 11.3 Å². The third-order valence-corrected chi connectivity index (χ3v) is 7.44. The van der Waals surface area contributed by atoms with Gasteiger partial charge < -0.3 is 10.1 Å². The third kappa shape index (κ3) is 6.17. The number of hydrogen-bond acceptors (Lipinski definition) is 7. The summed E-state index contributed by atoms with van der Waals surface area (Å²) in [6, 6.07) is 7.85. The van der Waals surface area contributed by atoms with Gasteiger partial charge in [0.25, 0.3) is 5.91 Å². The van der Waals surface area contributed by atoms with Gasteiger partial charge in [-0.25, -0.2) is 4.98 Å². The van der Waals surface area contributed by atoms with Crippen LogP contribution in [0.4, 0.5) is 5.13 Å². The molecule has 2 aliphatic rings. The molecule has 1 aromatic carbocycles. The van der Waals surface area contributed by atoms with Gasteiger partial charge in [0.15, 0.2) is 5.13 Å². The van der Waals surface area contributed by atoms with Crippen molar-refractivity contribution in [3.8, 4) is 5.75 Å². The average Bonchev–Trinajstić information content (AvgIpc) is 3.39. The molecule has 1 saturated heterocycles. The van der Waals surface area contributed by atoms with Crippen LogP contribution in [0.3, 0.4) is 0 Å². The Kier molecular flexibility index (Phi) is 7.94. The number of carbonyl (C=O) groups is 2. The number of nitrogens with zero attached hydrogens (tertiary/aromatic N) is 2. The fourth-order valence-corrected chi connectivity index (χ4v) is 5.58. The summed E-state index contributed by atoms with van der Waals surface area (Å²) in [6.07, 6.45) is 10.7. The summed E-state index contributed by atoms with van der Waals surface area (Å²) in [5.41, 5.74) is 0.935. The number of amides is 2. The highest BCUT2D eigenvalue weighted by Gasteiger charge is 2.31. The van der Waals surface area contributed by atoms with Gasteiger partial charge in [-0.1, -0.05) is 42.5 Å². The van der Waals surface area contributed by atoms with Crippen LogP contribution >= 0.6 is 35.3 Å². The van der Waals surface area contributed by atoms with Gasteiger partial charge in [-0.2, -0.15) is 0 Å². The molecule has 2 fully saturated rings. The Balaban J connectivity index is 1.28. The number of nitrogens with one attached hydrogen (secondary N) is 1. The zero-order valence-electron chi connectivity index (χ0n) is 17.6. The largest absolute Gasteiger partial charge is 0.490 e. The summed E-state index contributed by atoms with van der Waals surface area (Å²) in [5.74, 6) is 0.650. The molecule has 1 aliphatic carbocycles. The SMILES string of the molecule is O=C(CCCN1C(=O)/C(=C/c2ccc(OC3CCCCC3)cc2)SC1=S)Nc1nccs1. The molecule has 1 N–H and O–H groups in total. The Morgan fingerprint density at radius 2 is 2.03 bits per heavy atom. The monoisotopic (exact) mass is 487 g/mol. The molecule has 0 spiro atoms. The molecule has 168 valence electrons. The van der Waals surface area contributed by atoms with Gasteiger partial charge >= 0.3 is 0 Å². The van der Waals surface area contributed by atoms with E-state index in [2.05, 4.69) is 10.3 Å². The Bertz CT molecular complexity index is 984. The van der Waals surface area contributed by atoms with Gasteiger partial charge in [-0.05, 0) is 55.9 Å². The number of aromatic nitrogens is 1. The summed E-state index contributed by atoms with van der Waals surface area (Å²) in [4.78, 5) is 31.0. The highest BCUT2D eigenvalue weighted by Crippen LogP contribution is 2.33. The minimum atomic E-state index is -0.114. The molecule has 0 unspecified atom stereocenters. The van der Waals surface area contributed by atoms with Gasteiger partial charge in [-0.3, -0.25) is 14.5 Å². The lowest BCUT2D eigenvalue weighted by Gasteiger charge is -2.22. The van der Waals surface area contributed by atoms with E-state index in [0.29, 0.717) is 39.8 Å². The smallest absolute Gasteiger partial charge is 0.266 e. The molecule has 1 saturated carbocycles. The minimum absolute atomic E-state index is 0.108. The maximum atomic E-state index is 12.8. The van der Waals surface area contributed by atoms with Crippen LogP contribution < -0.4 is 10.1 Å². The summed E-state index contributed by atoms with van der Waals surface area (Å²) < 4.78 is 6.60. The number of rotatable bonds is 8. The first-order valence-electron chi connectivity index (χ1n) is 10.8. The molecule has 0 radical (unpaired) electrons. The van der Waals surface area contributed by atoms with Crippen LogP contribution in [0, 0.1) is 0 Å². The zero-order valence-corrected chi connectivity index (χ0v) is 20.1. The van der Waals surface area contributed by atoms with E-state index in [-0.39, 0.29) is 11.8 Å². The molecule has 4 rings (SSSR count). The maximum Gasteiger partial charge on any atom is 0.266 e. The Hall–Kier alpha value is -2.23. The van der Waals surface area contributed by atoms with E-state index in [9.17, 15) is 9.59 Å². The lowest BCUT2D eigenvalue weighted by molar-refractivity contribution is -0.122. The van der Waals surface area contributed by atoms with E-state index in [1.165, 1.54) is 42.4 Å². The quantitative estimate of drug-likeness (QED) is 0.393. The number of benzene rings is 1. The number of anilines is 1. The van der Waals surface area contributed by atoms with Crippen LogP contribution in [0.2, 0.25) is 0 Å². The fraction of sp³-hybridized carbons (Fsp3) is 0.391. The van der Waals surface area contributed by atoms with Crippen molar-refractivity contribution in [1.29, 1.82) is 0 Å². The molecule has 1 aliphatic heterocycles. The molecular formula is C23H25N3O3S3. The van der Waals surface area contributed by atoms with E-state index in [0.717, 1.165) is 24.2 Å². The molecule has 32 heavy (non-hydrogen) atoms. The fourth-order valence-electron chi connectivity index (χ4n) is 3.73. The standard InChI is InChI=1S/C23H25N3O3S3/c27-20(25-22-24-12-14-31-22)7-4-13-26-21(28)19(32-23(26)30)15-16-8-10-18(11-9-16)29-17-5-2-1-3-6-17/h8-12,14-15,17H,1-7,13H2,(H,24,25,27)/b19-15-. The van der Waals surface area contributed by atoms with E-state index >= 15 is 0 Å². The number of hydrogen-bond donors (Lipinski definition) is 1. The normalized spacial score (nSPS) is 18.4. The van der Waals surface area contributed by atoms with Crippen molar-refractivity contribution in [2.75, 3.05) is 11.9 Å². The van der Waals surface area contributed by atoms with Gasteiger partial charge in [0, 0.05) is 24.5 Å². The van der Waals surface area contributed by atoms with Gasteiger partial charge in [0.2, 0.25) is 5.91 Å². The summed E-state index contributed by atoms with van der Waals surface area (Å²) in [5, 5.41) is 5.13. The third-order valence-electron chi connectivity index (χ3n) is 5.37. The van der Waals surface area contributed by atoms with Crippen molar-refractivity contribution >= 4 is 62.7 Å². The first-order chi connectivity index (χ1) is 15.6. The predicted molar refractivity (Wildman–Crippen MR) is 134 cm³/mol. The molecular weight excluding hydrogens is 462 g/mol. The highest BCUT2D eigenvalue weighted by molar-refractivity contribution is 8.26. The Morgan fingerprint density at radius 1 is 1.25 bits per heavy atom. The van der Waals surface area contributed by atoms with Crippen molar-refractivity contribution in [2.24, 2.45) is 0 Å². The second-order valence-electron chi connectivity index (χ2n) is 7.77. The van der Waals surface area contributed by atoms with Crippen molar-refractivity contribution in [1.82, 2.24) is 9.88 Å². The van der Waals surface area contributed by atoms with Crippen molar-refractivity contribution in [2.45, 2.75) is 51.0 Å². The zero-order chi connectivity index (χ0) is 22.3. The topological polar surface area (TPSA) is 71.5 Å². The lowest BCUT2D eigenvalue weighted by atomic mass is 9.98. The van der Waals surface area contributed by atoms with Crippen molar-refractivity contribution in [3.63, 3.8) is 0 Å².